The molecule has 0 saturated heterocycles. The minimum absolute atomic E-state index is 0.148. The van der Waals surface area contributed by atoms with Crippen LogP contribution in [-0.4, -0.2) is 0 Å². The lowest BCUT2D eigenvalue weighted by Gasteiger charge is -2.30. The van der Waals surface area contributed by atoms with Crippen LogP contribution in [0.5, 0.6) is 0 Å². The number of hydrogen-bond donors (Lipinski definition) is 0. The van der Waals surface area contributed by atoms with E-state index >= 15 is 0 Å². The van der Waals surface area contributed by atoms with Gasteiger partial charge >= 0.3 is 5.88 Å². The largest absolute Gasteiger partial charge is 0.477 e. The highest BCUT2D eigenvalue weighted by Crippen LogP contribution is 2.59. The highest BCUT2D eigenvalue weighted by molar-refractivity contribution is 6.28. The Morgan fingerprint density at radius 1 is 0.444 bits per heavy atom. The molecule has 2 heterocycles. The van der Waals surface area contributed by atoms with Gasteiger partial charge in [0.15, 0.2) is 5.58 Å². The summed E-state index contributed by atoms with van der Waals surface area (Å²) in [6.45, 7) is 8.50. The van der Waals surface area contributed by atoms with Crippen LogP contribution in [-0.2, 0) is 0 Å². The molecule has 2 aromatic heterocycles. The van der Waals surface area contributed by atoms with Crippen molar-refractivity contribution in [3.8, 4) is 28.3 Å². The summed E-state index contributed by atoms with van der Waals surface area (Å²) in [6, 6.07) is 62.4. The van der Waals surface area contributed by atoms with Gasteiger partial charge in [-0.15, -0.1) is 0 Å². The van der Waals surface area contributed by atoms with Crippen molar-refractivity contribution in [2.45, 2.75) is 0 Å². The van der Waals surface area contributed by atoms with E-state index in [4.69, 9.17) is 15.4 Å². The minimum atomic E-state index is 0.148. The van der Waals surface area contributed by atoms with Crippen LogP contribution in [0.15, 0.2) is 191 Å². The lowest BCUT2D eigenvalue weighted by molar-refractivity contribution is 0.601. The van der Waals surface area contributed by atoms with E-state index in [-0.39, 0.29) is 11.6 Å². The first-order valence-electron chi connectivity index (χ1n) is 17.5. The van der Waals surface area contributed by atoms with Crippen LogP contribution in [0.4, 0.5) is 40.0 Å². The van der Waals surface area contributed by atoms with E-state index in [0.29, 0.717) is 44.4 Å². The van der Waals surface area contributed by atoms with Crippen molar-refractivity contribution >= 4 is 61.9 Å². The van der Waals surface area contributed by atoms with Gasteiger partial charge in [0.05, 0.1) is 12.0 Å². The van der Waals surface area contributed by atoms with E-state index in [1.54, 1.807) is 0 Å². The van der Waals surface area contributed by atoms with Gasteiger partial charge < -0.3 is 18.6 Å². The molecule has 0 aliphatic heterocycles. The Labute approximate surface area is 312 Å². The van der Waals surface area contributed by atoms with Crippen LogP contribution in [0.25, 0.3) is 49.0 Å². The molecular formula is C48H30N4O2. The second kappa shape index (κ2) is 13.7. The van der Waals surface area contributed by atoms with Crippen LogP contribution < -0.4 is 9.80 Å². The number of fused-ring (bicyclic) bond motifs is 2. The second-order valence-electron chi connectivity index (χ2n) is 12.7. The Morgan fingerprint density at radius 2 is 0.778 bits per heavy atom. The number of para-hydroxylation sites is 4. The van der Waals surface area contributed by atoms with Gasteiger partial charge in [-0.1, -0.05) is 133 Å². The summed E-state index contributed by atoms with van der Waals surface area (Å²) in [6.07, 6.45) is 0. The van der Waals surface area contributed by atoms with E-state index in [1.165, 1.54) is 0 Å². The predicted octanol–water partition coefficient (Wildman–Crippen LogP) is 13.9. The van der Waals surface area contributed by atoms with Gasteiger partial charge in [0, 0.05) is 39.3 Å². The zero-order chi connectivity index (χ0) is 36.4. The number of furan rings is 2. The number of rotatable bonds is 8. The Morgan fingerprint density at radius 3 is 1.15 bits per heavy atom. The summed E-state index contributed by atoms with van der Waals surface area (Å²) in [5, 5.41) is 12.2. The van der Waals surface area contributed by atoms with E-state index in [2.05, 4.69) is 20.7 Å². The van der Waals surface area contributed by atoms with Gasteiger partial charge in [-0.2, -0.15) is 10.1 Å². The van der Waals surface area contributed by atoms with Gasteiger partial charge in [0.1, 0.15) is 23.0 Å². The summed E-state index contributed by atoms with van der Waals surface area (Å²) < 4.78 is 13.8. The molecule has 6 nitrogen and oxygen atoms in total. The molecule has 0 bridgehead atoms. The molecule has 0 radical (unpaired) electrons. The molecule has 254 valence electrons. The third kappa shape index (κ3) is 5.35. The Hall–Kier alpha value is -7.80. The molecule has 0 aliphatic rings. The van der Waals surface area contributed by atoms with Crippen molar-refractivity contribution in [1.29, 1.82) is 5.26 Å². The lowest BCUT2D eigenvalue weighted by Crippen LogP contribution is -2.14. The maximum absolute atomic E-state index is 10.9. The Balaban J connectivity index is 1.58. The molecule has 6 heteroatoms. The van der Waals surface area contributed by atoms with Gasteiger partial charge in [-0.05, 0) is 59.7 Å². The third-order valence-corrected chi connectivity index (χ3v) is 9.53. The number of benzene rings is 7. The normalized spacial score (nSPS) is 10.9. The molecular weight excluding hydrogens is 665 g/mol. The first-order valence-corrected chi connectivity index (χ1v) is 17.5. The van der Waals surface area contributed by atoms with Crippen molar-refractivity contribution in [1.82, 2.24) is 0 Å². The summed E-state index contributed by atoms with van der Waals surface area (Å²) in [5.74, 6) is 0.315. The van der Waals surface area contributed by atoms with Gasteiger partial charge in [-0.25, -0.2) is 0 Å². The van der Waals surface area contributed by atoms with Gasteiger partial charge in [0.25, 0.3) is 0 Å². The zero-order valence-corrected chi connectivity index (χ0v) is 28.9. The van der Waals surface area contributed by atoms with E-state index in [0.717, 1.165) is 33.9 Å². The fraction of sp³-hybridized carbons (Fsp3) is 0. The Bertz CT molecular complexity index is 2540. The van der Waals surface area contributed by atoms with Crippen molar-refractivity contribution in [2.75, 3.05) is 9.80 Å². The van der Waals surface area contributed by atoms with Crippen molar-refractivity contribution in [3.05, 3.63) is 199 Å². The molecule has 0 atom stereocenters. The minimum Gasteiger partial charge on any atom is -0.477 e. The molecule has 9 rings (SSSR count). The van der Waals surface area contributed by atoms with Crippen molar-refractivity contribution in [2.24, 2.45) is 0 Å². The molecule has 0 saturated carbocycles. The first kappa shape index (κ1) is 32.1. The highest BCUT2D eigenvalue weighted by atomic mass is 16.4. The second-order valence-corrected chi connectivity index (χ2v) is 12.7. The molecule has 0 unspecified atom stereocenters. The van der Waals surface area contributed by atoms with Gasteiger partial charge in [0.2, 0.25) is 5.76 Å². The smallest absolute Gasteiger partial charge is 0.354 e. The fourth-order valence-electron chi connectivity index (χ4n) is 7.32. The molecule has 0 aliphatic carbocycles. The van der Waals surface area contributed by atoms with E-state index < -0.39 is 0 Å². The van der Waals surface area contributed by atoms with Crippen LogP contribution in [0.3, 0.4) is 0 Å². The topological polar surface area (TPSA) is 60.9 Å². The number of anilines is 6. The number of hydrogen-bond acceptors (Lipinski definition) is 5. The van der Waals surface area contributed by atoms with Crippen LogP contribution in [0.2, 0.25) is 0 Å². The molecule has 0 spiro atoms. The molecule has 9 aromatic rings. The predicted molar refractivity (Wildman–Crippen MR) is 217 cm³/mol. The lowest BCUT2D eigenvalue weighted by atomic mass is 9.94. The average molecular weight is 695 g/mol. The Kier molecular flexibility index (Phi) is 8.17. The quantitative estimate of drug-likeness (QED) is 0.117. The molecule has 0 N–H and O–H groups in total. The van der Waals surface area contributed by atoms with Crippen molar-refractivity contribution < 1.29 is 8.83 Å². The standard InChI is InChI=1S/C48H30N4O2/c1-50-48-41(34-22-10-3-11-23-34)43-45(52(37-28-16-6-17-29-37)38-30-18-7-19-31-38)46-42(40(39(32-49)53-46)33-20-8-2-9-21-33)44(47(43)54-48)51(35-24-12-4-13-25-35)36-26-14-5-15-27-36/h2-31H. The van der Waals surface area contributed by atoms with E-state index in [9.17, 15) is 5.26 Å². The maximum atomic E-state index is 10.9. The maximum Gasteiger partial charge on any atom is 0.354 e. The molecule has 0 fully saturated rings. The van der Waals surface area contributed by atoms with Crippen molar-refractivity contribution in [3.63, 3.8) is 0 Å². The van der Waals surface area contributed by atoms with E-state index in [1.807, 2.05) is 182 Å². The molecule has 0 amide bonds. The highest BCUT2D eigenvalue weighted by Gasteiger charge is 2.36. The summed E-state index contributed by atoms with van der Waals surface area (Å²) >= 11 is 0. The zero-order valence-electron chi connectivity index (χ0n) is 28.9. The number of nitriles is 1. The summed E-state index contributed by atoms with van der Waals surface area (Å²) in [5.41, 5.74) is 8.61. The fourth-order valence-corrected chi connectivity index (χ4v) is 7.32. The van der Waals surface area contributed by atoms with Gasteiger partial charge in [-0.3, -0.25) is 0 Å². The monoisotopic (exact) mass is 694 g/mol. The van der Waals surface area contributed by atoms with Crippen LogP contribution in [0, 0.1) is 17.9 Å². The number of nitrogens with zero attached hydrogens (tertiary/aromatic N) is 4. The summed E-state index contributed by atoms with van der Waals surface area (Å²) in [4.78, 5) is 8.30. The molecule has 54 heavy (non-hydrogen) atoms. The average Bonchev–Trinajstić information content (AvgIpc) is 3.83. The first-order chi connectivity index (χ1) is 26.8. The SMILES string of the molecule is [C-]#[N+]c1oc2c(N(c3ccccc3)c3ccccc3)c3c(-c4ccccc4)c(C#N)oc3c(N(c3ccccc3)c3ccccc3)c2c1-c1ccccc1. The van der Waals surface area contributed by atoms with Crippen LogP contribution >= 0.6 is 0 Å². The van der Waals surface area contributed by atoms with Crippen LogP contribution in [0.1, 0.15) is 5.76 Å². The third-order valence-electron chi connectivity index (χ3n) is 9.53. The summed E-state index contributed by atoms with van der Waals surface area (Å²) in [7, 11) is 0. The molecule has 7 aromatic carbocycles.